The van der Waals surface area contributed by atoms with E-state index in [2.05, 4.69) is 24.3 Å². The second-order valence-electron chi connectivity index (χ2n) is 4.71. The van der Waals surface area contributed by atoms with Crippen molar-refractivity contribution in [3.8, 4) is 0 Å². The average Bonchev–Trinajstić information content (AvgIpc) is 2.51. The predicted molar refractivity (Wildman–Crippen MR) is 52.1 cm³/mol. The molecule has 3 aliphatic carbocycles. The summed E-state index contributed by atoms with van der Waals surface area (Å²) in [6.07, 6.45) is 12.6. The minimum absolute atomic E-state index is 0.0475. The molecule has 0 aliphatic heterocycles. The van der Waals surface area contributed by atoms with Crippen molar-refractivity contribution in [3.05, 3.63) is 24.3 Å². The van der Waals surface area contributed by atoms with E-state index in [9.17, 15) is 5.11 Å². The number of allylic oxidation sites excluding steroid dienone is 4. The third-order valence-corrected chi connectivity index (χ3v) is 4.11. The van der Waals surface area contributed by atoms with Gasteiger partial charge >= 0.3 is 0 Å². The van der Waals surface area contributed by atoms with E-state index < -0.39 is 0 Å². The van der Waals surface area contributed by atoms with Crippen LogP contribution in [0.15, 0.2) is 24.3 Å². The first-order valence-electron chi connectivity index (χ1n) is 5.37. The fraction of sp³-hybridized carbons (Fsp3) is 0.667. The number of rotatable bonds is 0. The molecule has 1 heteroatoms. The molecule has 3 rings (SSSR count). The van der Waals surface area contributed by atoms with Gasteiger partial charge in [-0.2, -0.15) is 0 Å². The van der Waals surface area contributed by atoms with Gasteiger partial charge in [-0.25, -0.2) is 0 Å². The van der Waals surface area contributed by atoms with Gasteiger partial charge in [0.15, 0.2) is 0 Å². The average molecular weight is 176 g/mol. The number of fused-ring (bicyclic) bond motifs is 6. The van der Waals surface area contributed by atoms with Crippen LogP contribution in [-0.2, 0) is 0 Å². The Hall–Kier alpha value is -0.560. The Balaban J connectivity index is 1.98. The van der Waals surface area contributed by atoms with Gasteiger partial charge < -0.3 is 5.11 Å². The molecule has 1 fully saturated rings. The second-order valence-corrected chi connectivity index (χ2v) is 4.71. The van der Waals surface area contributed by atoms with Crippen molar-refractivity contribution in [1.82, 2.24) is 0 Å². The van der Waals surface area contributed by atoms with Crippen LogP contribution in [0.5, 0.6) is 0 Å². The zero-order valence-electron chi connectivity index (χ0n) is 7.76. The van der Waals surface area contributed by atoms with Crippen LogP contribution in [0, 0.1) is 23.7 Å². The van der Waals surface area contributed by atoms with Crippen molar-refractivity contribution in [3.63, 3.8) is 0 Å². The summed E-state index contributed by atoms with van der Waals surface area (Å²) in [5, 5.41) is 10.2. The molecular formula is C12H16O. The summed E-state index contributed by atoms with van der Waals surface area (Å²) in [6, 6.07) is 0. The van der Waals surface area contributed by atoms with Crippen LogP contribution in [0.1, 0.15) is 19.3 Å². The Morgan fingerprint density at radius 1 is 0.923 bits per heavy atom. The van der Waals surface area contributed by atoms with E-state index in [0.29, 0.717) is 23.7 Å². The van der Waals surface area contributed by atoms with Crippen molar-refractivity contribution in [2.45, 2.75) is 25.4 Å². The summed E-state index contributed by atoms with van der Waals surface area (Å²) in [6.45, 7) is 0. The molecule has 70 valence electrons. The number of aliphatic hydroxyl groups excluding tert-OH is 1. The van der Waals surface area contributed by atoms with Crippen molar-refractivity contribution < 1.29 is 5.11 Å². The van der Waals surface area contributed by atoms with Crippen LogP contribution >= 0.6 is 0 Å². The summed E-state index contributed by atoms with van der Waals surface area (Å²) in [7, 11) is 0. The zero-order chi connectivity index (χ0) is 8.84. The van der Waals surface area contributed by atoms with E-state index in [4.69, 9.17) is 0 Å². The minimum atomic E-state index is -0.0475. The second kappa shape index (κ2) is 2.71. The molecule has 0 radical (unpaired) electrons. The molecule has 3 aliphatic rings. The molecule has 5 atom stereocenters. The molecule has 4 bridgehead atoms. The third-order valence-electron chi connectivity index (χ3n) is 4.11. The molecule has 0 saturated heterocycles. The van der Waals surface area contributed by atoms with Crippen LogP contribution in [0.4, 0.5) is 0 Å². The largest absolute Gasteiger partial charge is 0.392 e. The minimum Gasteiger partial charge on any atom is -0.392 e. The van der Waals surface area contributed by atoms with Gasteiger partial charge in [0.1, 0.15) is 0 Å². The summed E-state index contributed by atoms with van der Waals surface area (Å²) in [5.41, 5.74) is 0. The van der Waals surface area contributed by atoms with Gasteiger partial charge in [-0.15, -0.1) is 0 Å². The first kappa shape index (κ1) is 7.81. The van der Waals surface area contributed by atoms with Gasteiger partial charge in [-0.1, -0.05) is 24.3 Å². The summed E-state index contributed by atoms with van der Waals surface area (Å²) in [5.74, 6) is 2.36. The molecule has 0 spiro atoms. The molecule has 1 unspecified atom stereocenters. The van der Waals surface area contributed by atoms with Crippen LogP contribution in [-0.4, -0.2) is 11.2 Å². The lowest BCUT2D eigenvalue weighted by atomic mass is 9.69. The molecule has 0 amide bonds. The monoisotopic (exact) mass is 176 g/mol. The zero-order valence-corrected chi connectivity index (χ0v) is 7.76. The van der Waals surface area contributed by atoms with E-state index in [1.807, 2.05) is 0 Å². The van der Waals surface area contributed by atoms with Crippen LogP contribution in [0.3, 0.4) is 0 Å². The maximum atomic E-state index is 10.2. The molecular weight excluding hydrogens is 160 g/mol. The van der Waals surface area contributed by atoms with Crippen molar-refractivity contribution in [2.24, 2.45) is 23.7 Å². The lowest BCUT2D eigenvalue weighted by Gasteiger charge is -2.38. The first-order valence-corrected chi connectivity index (χ1v) is 5.37. The van der Waals surface area contributed by atoms with Gasteiger partial charge in [0, 0.05) is 0 Å². The molecule has 1 N–H and O–H groups in total. The van der Waals surface area contributed by atoms with Gasteiger partial charge in [0.2, 0.25) is 0 Å². The summed E-state index contributed by atoms with van der Waals surface area (Å²) >= 11 is 0. The molecule has 1 saturated carbocycles. The van der Waals surface area contributed by atoms with Crippen molar-refractivity contribution in [1.29, 1.82) is 0 Å². The Morgan fingerprint density at radius 2 is 1.46 bits per heavy atom. The lowest BCUT2D eigenvalue weighted by molar-refractivity contribution is -0.00943. The molecule has 0 aromatic carbocycles. The maximum Gasteiger partial charge on any atom is 0.0613 e. The quantitative estimate of drug-likeness (QED) is 0.561. The molecule has 0 aromatic rings. The number of hydrogen-bond acceptors (Lipinski definition) is 1. The van der Waals surface area contributed by atoms with Crippen molar-refractivity contribution >= 4 is 0 Å². The van der Waals surface area contributed by atoms with Crippen molar-refractivity contribution in [2.75, 3.05) is 0 Å². The highest BCUT2D eigenvalue weighted by Crippen LogP contribution is 2.48. The number of hydrogen-bond donors (Lipinski definition) is 1. The first-order chi connectivity index (χ1) is 6.36. The Bertz CT molecular complexity index is 242. The van der Waals surface area contributed by atoms with E-state index in [0.717, 1.165) is 12.8 Å². The highest BCUT2D eigenvalue weighted by Gasteiger charge is 2.44. The van der Waals surface area contributed by atoms with E-state index in [1.165, 1.54) is 6.42 Å². The highest BCUT2D eigenvalue weighted by molar-refractivity contribution is 5.15. The topological polar surface area (TPSA) is 20.2 Å². The van der Waals surface area contributed by atoms with E-state index >= 15 is 0 Å². The highest BCUT2D eigenvalue weighted by atomic mass is 16.3. The Labute approximate surface area is 79.2 Å². The van der Waals surface area contributed by atoms with Crippen LogP contribution < -0.4 is 0 Å². The SMILES string of the molecule is OC1[C@H]2CC=CC[C@@H]1[C@H]1C=C[C@@H]2C1. The van der Waals surface area contributed by atoms with Crippen LogP contribution in [0.2, 0.25) is 0 Å². The number of aliphatic hydroxyl groups is 1. The van der Waals surface area contributed by atoms with Gasteiger partial charge in [0.25, 0.3) is 0 Å². The molecule has 1 nitrogen and oxygen atoms in total. The van der Waals surface area contributed by atoms with Gasteiger partial charge in [-0.05, 0) is 42.9 Å². The Kier molecular flexibility index (Phi) is 1.63. The summed E-state index contributed by atoms with van der Waals surface area (Å²) in [4.78, 5) is 0. The van der Waals surface area contributed by atoms with Gasteiger partial charge in [-0.3, -0.25) is 0 Å². The third kappa shape index (κ3) is 1.03. The standard InChI is InChI=1S/C12H16O/c13-12-10-3-1-2-4-11(12)9-6-5-8(10)7-9/h1-2,5-6,8-13H,3-4,7H2/t8-,9+,10+,11-,12?. The summed E-state index contributed by atoms with van der Waals surface area (Å²) < 4.78 is 0. The van der Waals surface area contributed by atoms with E-state index in [1.54, 1.807) is 0 Å². The fourth-order valence-corrected chi connectivity index (χ4v) is 3.35. The molecule has 0 aromatic heterocycles. The molecule has 0 heterocycles. The predicted octanol–water partition coefficient (Wildman–Crippen LogP) is 2.14. The van der Waals surface area contributed by atoms with E-state index in [-0.39, 0.29) is 6.10 Å². The Morgan fingerprint density at radius 3 is 2.00 bits per heavy atom. The normalized spacial score (nSPS) is 52.2. The van der Waals surface area contributed by atoms with Crippen LogP contribution in [0.25, 0.3) is 0 Å². The smallest absolute Gasteiger partial charge is 0.0613 e. The van der Waals surface area contributed by atoms with Gasteiger partial charge in [0.05, 0.1) is 6.10 Å². The lowest BCUT2D eigenvalue weighted by Crippen LogP contribution is -2.39. The fourth-order valence-electron chi connectivity index (χ4n) is 3.35. The maximum absolute atomic E-state index is 10.2. The molecule has 13 heavy (non-hydrogen) atoms.